The number of hydrogen-bond acceptors (Lipinski definition) is 2. The molecule has 2 nitrogen and oxygen atoms in total. The van der Waals surface area contributed by atoms with Crippen molar-refractivity contribution in [2.45, 2.75) is 25.0 Å². The van der Waals surface area contributed by atoms with Crippen LogP contribution in [-0.4, -0.2) is 18.5 Å². The summed E-state index contributed by atoms with van der Waals surface area (Å²) in [5.41, 5.74) is 5.32. The molecule has 8 heavy (non-hydrogen) atoms. The van der Waals surface area contributed by atoms with Gasteiger partial charge in [0, 0.05) is 0 Å². The first-order valence-electron chi connectivity index (χ1n) is 2.62. The molecule has 0 bridgehead atoms. The monoisotopic (exact) mass is 132 g/mol. The van der Waals surface area contributed by atoms with E-state index in [2.05, 4.69) is 6.92 Å². The van der Waals surface area contributed by atoms with E-state index in [1.54, 1.807) is 0 Å². The highest BCUT2D eigenvalue weighted by molar-refractivity contribution is 6.78. The molecule has 0 aliphatic heterocycles. The van der Waals surface area contributed by atoms with E-state index < -0.39 is 13.4 Å². The van der Waals surface area contributed by atoms with Crippen molar-refractivity contribution >= 4 is 8.07 Å². The summed E-state index contributed by atoms with van der Waals surface area (Å²) in [5, 5.41) is 7.91. The number of rotatable bonds is 1. The van der Waals surface area contributed by atoms with E-state index in [1.807, 2.05) is 19.6 Å². The van der Waals surface area contributed by atoms with Gasteiger partial charge in [-0.25, -0.2) is 0 Å². The van der Waals surface area contributed by atoms with Gasteiger partial charge in [-0.1, -0.05) is 19.6 Å². The Morgan fingerprint density at radius 1 is 1.50 bits per heavy atom. The smallest absolute Gasteiger partial charge is 0.100 e. The first-order chi connectivity index (χ1) is 3.25. The maximum atomic E-state index is 9.08. The van der Waals surface area contributed by atoms with Crippen molar-refractivity contribution in [3.8, 4) is 0 Å². The zero-order chi connectivity index (χ0) is 7.00. The predicted molar refractivity (Wildman–Crippen MR) is 37.8 cm³/mol. The van der Waals surface area contributed by atoms with Gasteiger partial charge in [0.15, 0.2) is 0 Å². The molecule has 0 aliphatic rings. The van der Waals surface area contributed by atoms with E-state index >= 15 is 0 Å². The van der Waals surface area contributed by atoms with Gasteiger partial charge in [-0.3, -0.25) is 0 Å². The van der Waals surface area contributed by atoms with Crippen LogP contribution in [0.3, 0.4) is 0 Å². The van der Waals surface area contributed by atoms with Crippen molar-refractivity contribution in [1.82, 2.24) is 0 Å². The molecule has 49 valence electrons. The SMILES string of the molecule is [CH2]C(N)(O)[Si](C)(C)C. The molecule has 0 saturated carbocycles. The Bertz CT molecular complexity index is 67.4. The molecule has 0 aromatic heterocycles. The minimum atomic E-state index is -1.64. The van der Waals surface area contributed by atoms with Crippen LogP contribution in [0, 0.1) is 6.92 Å². The third-order valence-electron chi connectivity index (χ3n) is 1.30. The first kappa shape index (κ1) is 8.14. The Balaban J connectivity index is 4.02. The lowest BCUT2D eigenvalue weighted by Crippen LogP contribution is -2.57. The van der Waals surface area contributed by atoms with Crippen LogP contribution in [0.25, 0.3) is 0 Å². The third-order valence-corrected chi connectivity index (χ3v) is 3.90. The highest BCUT2D eigenvalue weighted by Gasteiger charge is 2.32. The van der Waals surface area contributed by atoms with Gasteiger partial charge in [-0.15, -0.1) is 0 Å². The molecule has 1 radical (unpaired) electrons. The quantitative estimate of drug-likeness (QED) is 0.399. The van der Waals surface area contributed by atoms with Crippen LogP contribution in [-0.2, 0) is 0 Å². The van der Waals surface area contributed by atoms with Crippen LogP contribution in [0.4, 0.5) is 0 Å². The van der Waals surface area contributed by atoms with Crippen LogP contribution < -0.4 is 5.73 Å². The largest absolute Gasteiger partial charge is 0.380 e. The number of aliphatic hydroxyl groups is 1. The molecule has 0 aromatic rings. The second-order valence-corrected chi connectivity index (χ2v) is 8.54. The minimum Gasteiger partial charge on any atom is -0.380 e. The molecule has 0 aromatic carbocycles. The van der Waals surface area contributed by atoms with E-state index in [-0.39, 0.29) is 0 Å². The summed E-state index contributed by atoms with van der Waals surface area (Å²) in [6.45, 7) is 9.35. The Hall–Kier alpha value is 0.137. The highest BCUT2D eigenvalue weighted by atomic mass is 28.3. The van der Waals surface area contributed by atoms with Crippen molar-refractivity contribution < 1.29 is 5.11 Å². The molecule has 0 heterocycles. The predicted octanol–water partition coefficient (Wildman–Crippen LogP) is 0.345. The molecule has 3 N–H and O–H groups in total. The van der Waals surface area contributed by atoms with Gasteiger partial charge >= 0.3 is 0 Å². The fourth-order valence-electron chi connectivity index (χ4n) is 0. The Morgan fingerprint density at radius 2 is 1.62 bits per heavy atom. The molecule has 0 fully saturated rings. The van der Waals surface area contributed by atoms with E-state index in [0.29, 0.717) is 0 Å². The van der Waals surface area contributed by atoms with E-state index in [9.17, 15) is 0 Å². The van der Waals surface area contributed by atoms with Gasteiger partial charge in [-0.05, 0) is 6.92 Å². The average molecular weight is 132 g/mol. The molecule has 0 rings (SSSR count). The summed E-state index contributed by atoms with van der Waals surface area (Å²) in [6, 6.07) is 0. The molecule has 0 amide bonds. The lowest BCUT2D eigenvalue weighted by Gasteiger charge is -2.30. The van der Waals surface area contributed by atoms with Crippen molar-refractivity contribution in [2.75, 3.05) is 0 Å². The van der Waals surface area contributed by atoms with Gasteiger partial charge in [0.1, 0.15) is 8.07 Å². The van der Waals surface area contributed by atoms with Gasteiger partial charge < -0.3 is 10.8 Å². The molecule has 1 atom stereocenters. The van der Waals surface area contributed by atoms with Crippen molar-refractivity contribution in [1.29, 1.82) is 0 Å². The molecule has 0 aliphatic carbocycles. The molecule has 0 spiro atoms. The lowest BCUT2D eigenvalue weighted by atomic mass is 10.7. The minimum absolute atomic E-state index is 1.17. The molecule has 0 saturated heterocycles. The van der Waals surface area contributed by atoms with Crippen LogP contribution in [0.2, 0.25) is 19.6 Å². The standard InChI is InChI=1S/C5H14NOSi/c1-5(6,7)8(2,3)4/h7H,1,6H2,2-4H3. The number of hydrogen-bond donors (Lipinski definition) is 2. The van der Waals surface area contributed by atoms with Crippen molar-refractivity contribution in [3.05, 3.63) is 6.92 Å². The van der Waals surface area contributed by atoms with Crippen LogP contribution in [0.5, 0.6) is 0 Å². The summed E-state index contributed by atoms with van der Waals surface area (Å²) in [7, 11) is -1.64. The van der Waals surface area contributed by atoms with E-state index in [0.717, 1.165) is 0 Å². The molecule has 1 unspecified atom stereocenters. The first-order valence-corrected chi connectivity index (χ1v) is 6.12. The Kier molecular flexibility index (Phi) is 1.86. The molecular weight excluding hydrogens is 118 g/mol. The fourth-order valence-corrected chi connectivity index (χ4v) is 0. The summed E-state index contributed by atoms with van der Waals surface area (Å²) in [4.78, 5) is 0. The van der Waals surface area contributed by atoms with Crippen molar-refractivity contribution in [3.63, 3.8) is 0 Å². The van der Waals surface area contributed by atoms with Gasteiger partial charge in [-0.2, -0.15) is 0 Å². The Morgan fingerprint density at radius 3 is 1.62 bits per heavy atom. The lowest BCUT2D eigenvalue weighted by molar-refractivity contribution is 0.171. The maximum absolute atomic E-state index is 9.08. The van der Waals surface area contributed by atoms with Crippen molar-refractivity contribution in [2.24, 2.45) is 5.73 Å². The second kappa shape index (κ2) is 1.82. The zero-order valence-corrected chi connectivity index (χ0v) is 6.73. The fraction of sp³-hybridized carbons (Fsp3) is 0.800. The molecular formula is C5H14NOSi. The number of nitrogens with two attached hydrogens (primary N) is 1. The van der Waals surface area contributed by atoms with Gasteiger partial charge in [0.2, 0.25) is 0 Å². The molecule has 3 heteroatoms. The van der Waals surface area contributed by atoms with Gasteiger partial charge in [0.05, 0.1) is 5.35 Å². The zero-order valence-electron chi connectivity index (χ0n) is 5.73. The summed E-state index contributed by atoms with van der Waals surface area (Å²) >= 11 is 0. The maximum Gasteiger partial charge on any atom is 0.100 e. The normalized spacial score (nSPS) is 20.2. The van der Waals surface area contributed by atoms with E-state index in [4.69, 9.17) is 10.8 Å². The van der Waals surface area contributed by atoms with Gasteiger partial charge in [0.25, 0.3) is 0 Å². The topological polar surface area (TPSA) is 46.2 Å². The van der Waals surface area contributed by atoms with Crippen LogP contribution >= 0.6 is 0 Å². The summed E-state index contributed by atoms with van der Waals surface area (Å²) in [6.07, 6.45) is 0. The summed E-state index contributed by atoms with van der Waals surface area (Å²) in [5.74, 6) is 0. The Labute approximate surface area is 51.7 Å². The third kappa shape index (κ3) is 1.94. The average Bonchev–Trinajstić information content (AvgIpc) is 1.25. The van der Waals surface area contributed by atoms with Crippen LogP contribution in [0.15, 0.2) is 0 Å². The summed E-state index contributed by atoms with van der Waals surface area (Å²) < 4.78 is 0. The van der Waals surface area contributed by atoms with E-state index in [1.165, 1.54) is 0 Å². The second-order valence-electron chi connectivity index (χ2n) is 3.17. The highest BCUT2D eigenvalue weighted by Crippen LogP contribution is 2.12. The van der Waals surface area contributed by atoms with Crippen LogP contribution in [0.1, 0.15) is 0 Å².